The summed E-state index contributed by atoms with van der Waals surface area (Å²) in [7, 11) is 0. The van der Waals surface area contributed by atoms with Crippen LogP contribution in [0, 0.1) is 4.91 Å². The lowest BCUT2D eigenvalue weighted by molar-refractivity contribution is -0.138. The number of hydrogen-bond donors (Lipinski definition) is 4. The Bertz CT molecular complexity index is 260. The van der Waals surface area contributed by atoms with Crippen LogP contribution in [0.15, 0.2) is 9.57 Å². The highest BCUT2D eigenvalue weighted by Crippen LogP contribution is 1.99. The number of guanidine groups is 1. The lowest BCUT2D eigenvalue weighted by Crippen LogP contribution is -2.29. The fourth-order valence-corrected chi connectivity index (χ4v) is 1.09. The average Bonchev–Trinajstić information content (AvgIpc) is 2.25. The van der Waals surface area contributed by atoms with Crippen LogP contribution >= 0.6 is 12.1 Å². The first-order chi connectivity index (χ1) is 7.57. The molecule has 1 atom stereocenters. The summed E-state index contributed by atoms with van der Waals surface area (Å²) >= 11 is 0.555. The van der Waals surface area contributed by atoms with Crippen LogP contribution in [0.5, 0.6) is 0 Å². The van der Waals surface area contributed by atoms with Crippen molar-refractivity contribution in [1.82, 2.24) is 4.72 Å². The summed E-state index contributed by atoms with van der Waals surface area (Å²) in [5.41, 5.74) is 10.7. The smallest absolute Gasteiger partial charge is 0.320 e. The minimum Gasteiger partial charge on any atom is -0.480 e. The Morgan fingerprint density at radius 3 is 2.75 bits per heavy atom. The molecule has 92 valence electrons. The first-order valence-electron chi connectivity index (χ1n) is 4.61. The van der Waals surface area contributed by atoms with E-state index >= 15 is 0 Å². The van der Waals surface area contributed by atoms with Gasteiger partial charge in [-0.15, -0.1) is 4.91 Å². The monoisotopic (exact) mass is 249 g/mol. The molecular weight excluding hydrogens is 234 g/mol. The largest absolute Gasteiger partial charge is 0.480 e. The van der Waals surface area contributed by atoms with E-state index in [-0.39, 0.29) is 5.96 Å². The third-order valence-corrected chi connectivity index (χ3v) is 2.09. The summed E-state index contributed by atoms with van der Waals surface area (Å²) < 4.78 is 4.87. The van der Waals surface area contributed by atoms with Gasteiger partial charge >= 0.3 is 5.97 Å². The molecular formula is C7H15N5O3S. The van der Waals surface area contributed by atoms with Crippen molar-refractivity contribution in [2.75, 3.05) is 6.54 Å². The second kappa shape index (κ2) is 8.92. The Morgan fingerprint density at radius 1 is 1.50 bits per heavy atom. The number of carbonyl (C=O) groups is 1. The third-order valence-electron chi connectivity index (χ3n) is 1.71. The molecule has 0 unspecified atom stereocenters. The minimum absolute atomic E-state index is 0.118. The van der Waals surface area contributed by atoms with Crippen molar-refractivity contribution < 1.29 is 9.90 Å². The van der Waals surface area contributed by atoms with Crippen molar-refractivity contribution in [2.24, 2.45) is 21.0 Å². The number of carboxylic acids is 1. The molecule has 0 heterocycles. The number of rotatable bonds is 8. The van der Waals surface area contributed by atoms with E-state index in [9.17, 15) is 9.70 Å². The van der Waals surface area contributed by atoms with Gasteiger partial charge in [0.05, 0.1) is 0 Å². The van der Waals surface area contributed by atoms with Crippen molar-refractivity contribution in [3.8, 4) is 0 Å². The molecule has 0 fully saturated rings. The molecule has 6 N–H and O–H groups in total. The molecule has 0 rings (SSSR count). The number of nitrogens with two attached hydrogens (primary N) is 2. The Labute approximate surface area is 97.1 Å². The van der Waals surface area contributed by atoms with Gasteiger partial charge in [0.25, 0.3) is 0 Å². The molecule has 0 aromatic heterocycles. The number of unbranched alkanes of at least 4 members (excludes halogenated alkanes) is 1. The molecule has 0 aromatic rings. The van der Waals surface area contributed by atoms with Crippen LogP contribution in [0.25, 0.3) is 0 Å². The van der Waals surface area contributed by atoms with Crippen molar-refractivity contribution >= 4 is 24.1 Å². The van der Waals surface area contributed by atoms with Gasteiger partial charge in [-0.2, -0.15) is 0 Å². The van der Waals surface area contributed by atoms with E-state index in [1.54, 1.807) is 0 Å². The first-order valence-corrected chi connectivity index (χ1v) is 5.38. The zero-order chi connectivity index (χ0) is 12.4. The summed E-state index contributed by atoms with van der Waals surface area (Å²) in [6, 6.07) is -0.825. The highest BCUT2D eigenvalue weighted by molar-refractivity contribution is 7.96. The topological polar surface area (TPSA) is 143 Å². The number of nitroso groups, excluding NO2 is 1. The van der Waals surface area contributed by atoms with Crippen molar-refractivity contribution in [3.05, 3.63) is 4.91 Å². The lowest BCUT2D eigenvalue weighted by Gasteiger charge is -2.04. The number of hydrogen-bond acceptors (Lipinski definition) is 6. The fourth-order valence-electron chi connectivity index (χ4n) is 0.897. The van der Waals surface area contributed by atoms with Gasteiger partial charge in [0.2, 0.25) is 0 Å². The number of aliphatic imine (C=N–C) groups is 1. The molecule has 0 saturated carbocycles. The first kappa shape index (κ1) is 14.6. The molecule has 0 aliphatic carbocycles. The van der Waals surface area contributed by atoms with Gasteiger partial charge in [0.1, 0.15) is 18.2 Å². The van der Waals surface area contributed by atoms with Crippen LogP contribution in [0.3, 0.4) is 0 Å². The number of aliphatic carboxylic acids is 1. The second-order valence-electron chi connectivity index (χ2n) is 2.98. The quantitative estimate of drug-likeness (QED) is 0.153. The molecule has 0 aromatic carbocycles. The van der Waals surface area contributed by atoms with Gasteiger partial charge in [0, 0.05) is 11.1 Å². The summed E-state index contributed by atoms with van der Waals surface area (Å²) in [5.74, 6) is -0.884. The molecule has 0 bridgehead atoms. The molecule has 0 radical (unpaired) electrons. The Kier molecular flexibility index (Phi) is 8.17. The van der Waals surface area contributed by atoms with Crippen LogP contribution in [0.1, 0.15) is 19.3 Å². The maximum absolute atomic E-state index is 10.4. The molecule has 0 aliphatic rings. The lowest BCUT2D eigenvalue weighted by atomic mass is 10.1. The molecule has 8 nitrogen and oxygen atoms in total. The predicted molar refractivity (Wildman–Crippen MR) is 62.5 cm³/mol. The van der Waals surface area contributed by atoms with E-state index in [1.165, 1.54) is 0 Å². The van der Waals surface area contributed by atoms with Gasteiger partial charge in [-0.05, 0) is 19.3 Å². The number of carboxylic acid groups (broad SMARTS) is 1. The van der Waals surface area contributed by atoms with Crippen molar-refractivity contribution in [1.29, 1.82) is 0 Å². The maximum Gasteiger partial charge on any atom is 0.320 e. The zero-order valence-electron chi connectivity index (χ0n) is 8.63. The van der Waals surface area contributed by atoms with E-state index in [4.69, 9.17) is 16.6 Å². The van der Waals surface area contributed by atoms with E-state index in [1.807, 2.05) is 0 Å². The van der Waals surface area contributed by atoms with Crippen LogP contribution < -0.4 is 16.2 Å². The standard InChI is InChI=1S/C7H15N5O3S/c8-5(6(13)14)3-1-2-4-10-7(9)11-16-12-15/h5H,1-4,8H2,(H,13,14)(H3,9,10,11)/t5-/m0/s1. The SMILES string of the molecule is NC(=NCCCC[C@H](N)C(=O)O)NSN=O. The second-order valence-corrected chi connectivity index (χ2v) is 3.51. The Hall–Kier alpha value is -1.35. The summed E-state index contributed by atoms with van der Waals surface area (Å²) in [4.78, 5) is 23.9. The molecule has 0 amide bonds. The van der Waals surface area contributed by atoms with E-state index < -0.39 is 12.0 Å². The molecule has 16 heavy (non-hydrogen) atoms. The summed E-state index contributed by atoms with van der Waals surface area (Å²) in [6.07, 6.45) is 1.74. The fraction of sp³-hybridized carbons (Fsp3) is 0.714. The van der Waals surface area contributed by atoms with Gasteiger partial charge in [-0.1, -0.05) is 0 Å². The van der Waals surface area contributed by atoms with Gasteiger partial charge in [-0.3, -0.25) is 14.5 Å². The summed E-state index contributed by atoms with van der Waals surface area (Å²) in [6.45, 7) is 0.449. The van der Waals surface area contributed by atoms with Crippen LogP contribution in [-0.4, -0.2) is 29.6 Å². The van der Waals surface area contributed by atoms with Gasteiger partial charge < -0.3 is 16.6 Å². The molecule has 0 spiro atoms. The van der Waals surface area contributed by atoms with Crippen molar-refractivity contribution in [3.63, 3.8) is 0 Å². The van der Waals surface area contributed by atoms with E-state index in [2.05, 4.69) is 14.3 Å². The summed E-state index contributed by atoms with van der Waals surface area (Å²) in [5, 5.41) is 8.50. The molecule has 0 saturated heterocycles. The van der Waals surface area contributed by atoms with Crippen LogP contribution in [-0.2, 0) is 4.79 Å². The number of nitrogens with one attached hydrogen (secondary N) is 1. The molecule has 0 aliphatic heterocycles. The molecule has 9 heteroatoms. The van der Waals surface area contributed by atoms with Gasteiger partial charge in [-0.25, -0.2) is 0 Å². The van der Waals surface area contributed by atoms with E-state index in [0.29, 0.717) is 37.9 Å². The van der Waals surface area contributed by atoms with E-state index in [0.717, 1.165) is 0 Å². The normalized spacial score (nSPS) is 13.2. The number of nitrogens with zero attached hydrogens (tertiary/aromatic N) is 2. The Morgan fingerprint density at radius 2 is 2.19 bits per heavy atom. The third kappa shape index (κ3) is 8.00. The predicted octanol–water partition coefficient (Wildman–Crippen LogP) is -0.197. The van der Waals surface area contributed by atoms with Gasteiger partial charge in [0.15, 0.2) is 5.96 Å². The average molecular weight is 249 g/mol. The van der Waals surface area contributed by atoms with Crippen LogP contribution in [0.4, 0.5) is 0 Å². The van der Waals surface area contributed by atoms with Crippen LogP contribution in [0.2, 0.25) is 0 Å². The Balaban J connectivity index is 3.52. The van der Waals surface area contributed by atoms with Crippen molar-refractivity contribution in [2.45, 2.75) is 25.3 Å². The zero-order valence-corrected chi connectivity index (χ0v) is 9.44. The highest BCUT2D eigenvalue weighted by Gasteiger charge is 2.09. The maximum atomic E-state index is 10.4. The minimum atomic E-state index is -1.00. The highest BCUT2D eigenvalue weighted by atomic mass is 32.2.